The molecule has 10 aromatic rings. The van der Waals surface area contributed by atoms with Crippen molar-refractivity contribution >= 4 is 60.8 Å². The lowest BCUT2D eigenvalue weighted by atomic mass is 9.85. The minimum Gasteiger partial charge on any atom is -0.454 e. The van der Waals surface area contributed by atoms with Gasteiger partial charge >= 0.3 is 0 Å². The van der Waals surface area contributed by atoms with Gasteiger partial charge in [-0.3, -0.25) is 4.90 Å². The van der Waals surface area contributed by atoms with Gasteiger partial charge in [0, 0.05) is 32.8 Å². The SMILES string of the molecule is Cc1ccc2c(oc3c(-c4ccc5c6c7c(cc5c4)Oc4ccc(C(C)(C)C)cc4N7c4cc(C(C)(C)C)ccc4O6)cccc32)c1-c1n(-c2c(C(C)C)cccc2C(C)C)c2ccccc2[n+]1C. The molecule has 0 spiro atoms. The number of hydrogen-bond acceptors (Lipinski definition) is 4. The Morgan fingerprint density at radius 2 is 1.17 bits per heavy atom. The van der Waals surface area contributed by atoms with E-state index in [0.717, 1.165) is 101 Å². The van der Waals surface area contributed by atoms with Crippen LogP contribution in [0.3, 0.4) is 0 Å². The van der Waals surface area contributed by atoms with Gasteiger partial charge in [-0.25, -0.2) is 4.57 Å². The standard InChI is InChI=1S/C63H60N3O3/c1-35(2)42-17-15-18-43(36(3)4)56(42)66-49-22-14-13-21-48(49)64(12)61(66)55-37(5)23-27-47-46-20-16-19-44(58(46)69-59(47)55)38-24-28-45-39(31-38)32-54-57-60(45)68-53-30-26-41(63(9,10)11)34-51(53)65(57)50-33-40(62(6,7)8)25-29-52(50)67-54/h13-36H,1-12H3/q+1. The molecule has 2 aliphatic heterocycles. The Kier molecular flexibility index (Phi) is 9.41. The maximum Gasteiger partial charge on any atom is 0.299 e. The van der Waals surface area contributed by atoms with E-state index in [0.29, 0.717) is 11.8 Å². The van der Waals surface area contributed by atoms with Crippen molar-refractivity contribution in [2.75, 3.05) is 4.90 Å². The predicted molar refractivity (Wildman–Crippen MR) is 285 cm³/mol. The third-order valence-corrected chi connectivity index (χ3v) is 14.8. The van der Waals surface area contributed by atoms with Crippen LogP contribution in [0.15, 0.2) is 138 Å². The molecule has 6 heteroatoms. The Bertz CT molecular complexity index is 3740. The molecule has 0 unspecified atom stereocenters. The summed E-state index contributed by atoms with van der Waals surface area (Å²) in [7, 11) is 2.20. The van der Waals surface area contributed by atoms with Crippen LogP contribution in [0, 0.1) is 6.92 Å². The fraction of sp³-hybridized carbons (Fsp3) is 0.254. The molecule has 0 N–H and O–H groups in total. The molecule has 0 saturated heterocycles. The molecule has 4 heterocycles. The molecular weight excluding hydrogens is 847 g/mol. The second-order valence-electron chi connectivity index (χ2n) is 22.1. The van der Waals surface area contributed by atoms with Crippen molar-refractivity contribution < 1.29 is 18.5 Å². The van der Waals surface area contributed by atoms with Gasteiger partial charge in [0.25, 0.3) is 5.82 Å². The molecule has 8 aromatic carbocycles. The average Bonchev–Trinajstić information content (AvgIpc) is 3.84. The van der Waals surface area contributed by atoms with Crippen molar-refractivity contribution in [3.05, 3.63) is 161 Å². The zero-order valence-electron chi connectivity index (χ0n) is 41.9. The quantitative estimate of drug-likeness (QED) is 0.161. The van der Waals surface area contributed by atoms with Crippen molar-refractivity contribution in [1.29, 1.82) is 0 Å². The number of aromatic nitrogens is 2. The number of fused-ring (bicyclic) bond motifs is 10. The van der Waals surface area contributed by atoms with Gasteiger partial charge < -0.3 is 13.9 Å². The number of benzene rings is 8. The summed E-state index contributed by atoms with van der Waals surface area (Å²) in [6, 6.07) is 48.8. The number of aryl methyl sites for hydroxylation is 2. The maximum atomic E-state index is 7.33. The Morgan fingerprint density at radius 1 is 0.551 bits per heavy atom. The van der Waals surface area contributed by atoms with Gasteiger partial charge in [-0.2, -0.15) is 4.57 Å². The Balaban J connectivity index is 1.06. The molecule has 0 bridgehead atoms. The summed E-state index contributed by atoms with van der Waals surface area (Å²) in [4.78, 5) is 2.37. The molecule has 0 saturated carbocycles. The molecule has 344 valence electrons. The molecule has 6 nitrogen and oxygen atoms in total. The van der Waals surface area contributed by atoms with Crippen LogP contribution in [0.5, 0.6) is 23.0 Å². The monoisotopic (exact) mass is 906 g/mol. The van der Waals surface area contributed by atoms with Gasteiger partial charge in [0.2, 0.25) is 0 Å². The summed E-state index contributed by atoms with van der Waals surface area (Å²) in [5.41, 5.74) is 17.7. The first-order valence-electron chi connectivity index (χ1n) is 24.6. The first-order valence-corrected chi connectivity index (χ1v) is 24.6. The molecule has 0 amide bonds. The summed E-state index contributed by atoms with van der Waals surface area (Å²) in [6.45, 7) is 25.0. The van der Waals surface area contributed by atoms with Crippen LogP contribution in [0.2, 0.25) is 0 Å². The number of furan rings is 1. The van der Waals surface area contributed by atoms with E-state index in [9.17, 15) is 0 Å². The smallest absolute Gasteiger partial charge is 0.299 e. The van der Waals surface area contributed by atoms with Crippen LogP contribution < -0.4 is 18.9 Å². The van der Waals surface area contributed by atoms with Crippen molar-refractivity contribution in [1.82, 2.24) is 4.57 Å². The van der Waals surface area contributed by atoms with Gasteiger partial charge in [-0.05, 0) is 112 Å². The highest BCUT2D eigenvalue weighted by atomic mass is 16.5. The molecule has 0 atom stereocenters. The molecule has 0 radical (unpaired) electrons. The van der Waals surface area contributed by atoms with Crippen LogP contribution in [-0.4, -0.2) is 4.57 Å². The molecule has 12 rings (SSSR count). The van der Waals surface area contributed by atoms with Gasteiger partial charge in [0.1, 0.15) is 22.5 Å². The number of para-hydroxylation sites is 4. The summed E-state index contributed by atoms with van der Waals surface area (Å²) < 4.78 is 26.1. The van der Waals surface area contributed by atoms with Crippen molar-refractivity contribution in [2.45, 2.75) is 98.8 Å². The second-order valence-corrected chi connectivity index (χ2v) is 22.1. The lowest BCUT2D eigenvalue weighted by molar-refractivity contribution is -0.633. The van der Waals surface area contributed by atoms with E-state index >= 15 is 0 Å². The van der Waals surface area contributed by atoms with Gasteiger partial charge in [0.05, 0.1) is 18.4 Å². The number of nitrogens with zero attached hydrogens (tertiary/aromatic N) is 3. The van der Waals surface area contributed by atoms with E-state index in [-0.39, 0.29) is 10.8 Å². The van der Waals surface area contributed by atoms with E-state index in [1.165, 1.54) is 39.0 Å². The first-order chi connectivity index (χ1) is 33.0. The molecule has 2 aliphatic rings. The number of hydrogen-bond donors (Lipinski definition) is 0. The molecule has 0 aliphatic carbocycles. The van der Waals surface area contributed by atoms with Crippen LogP contribution in [-0.2, 0) is 17.9 Å². The average molecular weight is 907 g/mol. The molecule has 0 fully saturated rings. The van der Waals surface area contributed by atoms with Gasteiger partial charge in [-0.1, -0.05) is 148 Å². The van der Waals surface area contributed by atoms with Gasteiger partial charge in [-0.15, -0.1) is 0 Å². The van der Waals surface area contributed by atoms with E-state index in [4.69, 9.17) is 13.9 Å². The Hall–Kier alpha value is -7.31. The predicted octanol–water partition coefficient (Wildman–Crippen LogP) is 17.7. The first kappa shape index (κ1) is 43.0. The van der Waals surface area contributed by atoms with E-state index in [1.54, 1.807) is 0 Å². The van der Waals surface area contributed by atoms with Crippen LogP contribution in [0.25, 0.3) is 71.9 Å². The zero-order chi connectivity index (χ0) is 48.0. The van der Waals surface area contributed by atoms with E-state index < -0.39 is 0 Å². The van der Waals surface area contributed by atoms with Crippen LogP contribution >= 0.6 is 0 Å². The zero-order valence-corrected chi connectivity index (χ0v) is 41.9. The lowest BCUT2D eigenvalue weighted by Crippen LogP contribution is -2.30. The van der Waals surface area contributed by atoms with E-state index in [1.807, 2.05) is 0 Å². The Labute approximate surface area is 405 Å². The second kappa shape index (κ2) is 15.1. The van der Waals surface area contributed by atoms with Crippen molar-refractivity contribution in [3.8, 4) is 51.2 Å². The third-order valence-electron chi connectivity index (χ3n) is 14.8. The molecule has 69 heavy (non-hydrogen) atoms. The van der Waals surface area contributed by atoms with Crippen LogP contribution in [0.1, 0.15) is 109 Å². The lowest BCUT2D eigenvalue weighted by Gasteiger charge is -2.39. The number of ether oxygens (including phenoxy) is 2. The number of imidazole rings is 1. The third kappa shape index (κ3) is 6.47. The van der Waals surface area contributed by atoms with Crippen molar-refractivity contribution in [2.24, 2.45) is 7.05 Å². The minimum atomic E-state index is -0.0432. The summed E-state index contributed by atoms with van der Waals surface area (Å²) in [6.07, 6.45) is 0. The highest BCUT2D eigenvalue weighted by Crippen LogP contribution is 2.62. The topological polar surface area (TPSA) is 43.7 Å². The normalized spacial score (nSPS) is 13.4. The molecular formula is C63H60N3O3+. The summed E-state index contributed by atoms with van der Waals surface area (Å²) in [5, 5.41) is 4.22. The van der Waals surface area contributed by atoms with E-state index in [2.05, 4.69) is 231 Å². The number of rotatable bonds is 5. The fourth-order valence-electron chi connectivity index (χ4n) is 11.0. The maximum absolute atomic E-state index is 7.33. The highest BCUT2D eigenvalue weighted by molar-refractivity contribution is 6.14. The number of anilines is 3. The summed E-state index contributed by atoms with van der Waals surface area (Å²) in [5.74, 6) is 4.95. The van der Waals surface area contributed by atoms with Crippen molar-refractivity contribution in [3.63, 3.8) is 0 Å². The minimum absolute atomic E-state index is 0.0432. The largest absolute Gasteiger partial charge is 0.454 e. The molecule has 2 aromatic heterocycles. The highest BCUT2D eigenvalue weighted by Gasteiger charge is 2.38. The van der Waals surface area contributed by atoms with Crippen LogP contribution in [0.4, 0.5) is 17.1 Å². The fourth-order valence-corrected chi connectivity index (χ4v) is 11.0. The van der Waals surface area contributed by atoms with Gasteiger partial charge in [0.15, 0.2) is 39.6 Å². The Morgan fingerprint density at radius 3 is 1.84 bits per heavy atom. The summed E-state index contributed by atoms with van der Waals surface area (Å²) >= 11 is 0.